The molecular formula is C24H27N3O2S. The predicted octanol–water partition coefficient (Wildman–Crippen LogP) is 4.09. The standard InChI is InChI=1S/C24H27N3O2S/c1-3-18-10-7-8-13-20(18)25-22(28)16-27(2)17-23(29)26-24(21-14-9-15-30-21)19-11-5-4-6-12-19/h4-15,24H,3,16-17H2,1-2H3,(H,25,28)(H,26,29)/t24-/m1/s1. The number of nitrogens with zero attached hydrogens (tertiary/aromatic N) is 1. The van der Waals surface area contributed by atoms with Gasteiger partial charge in [-0.25, -0.2) is 0 Å². The lowest BCUT2D eigenvalue weighted by Gasteiger charge is -2.21. The molecule has 0 radical (unpaired) electrons. The topological polar surface area (TPSA) is 61.4 Å². The predicted molar refractivity (Wildman–Crippen MR) is 123 cm³/mol. The fourth-order valence-electron chi connectivity index (χ4n) is 3.31. The first kappa shape index (κ1) is 21.7. The highest BCUT2D eigenvalue weighted by Gasteiger charge is 2.19. The van der Waals surface area contributed by atoms with Gasteiger partial charge in [-0.15, -0.1) is 11.3 Å². The summed E-state index contributed by atoms with van der Waals surface area (Å²) < 4.78 is 0. The monoisotopic (exact) mass is 421 g/mol. The van der Waals surface area contributed by atoms with Crippen LogP contribution in [0.4, 0.5) is 5.69 Å². The lowest BCUT2D eigenvalue weighted by Crippen LogP contribution is -2.40. The van der Waals surface area contributed by atoms with Gasteiger partial charge in [-0.3, -0.25) is 14.5 Å². The summed E-state index contributed by atoms with van der Waals surface area (Å²) in [6.07, 6.45) is 0.846. The zero-order valence-electron chi connectivity index (χ0n) is 17.3. The van der Waals surface area contributed by atoms with Crippen molar-refractivity contribution < 1.29 is 9.59 Å². The van der Waals surface area contributed by atoms with Gasteiger partial charge < -0.3 is 10.6 Å². The van der Waals surface area contributed by atoms with Crippen molar-refractivity contribution in [3.8, 4) is 0 Å². The third-order valence-electron chi connectivity index (χ3n) is 4.77. The van der Waals surface area contributed by atoms with Crippen molar-refractivity contribution in [3.63, 3.8) is 0 Å². The average Bonchev–Trinajstić information content (AvgIpc) is 3.27. The van der Waals surface area contributed by atoms with Crippen LogP contribution < -0.4 is 10.6 Å². The maximum absolute atomic E-state index is 12.7. The summed E-state index contributed by atoms with van der Waals surface area (Å²) in [6.45, 7) is 2.33. The molecule has 30 heavy (non-hydrogen) atoms. The lowest BCUT2D eigenvalue weighted by molar-refractivity contribution is -0.123. The number of hydrogen-bond donors (Lipinski definition) is 2. The Morgan fingerprint density at radius 3 is 2.33 bits per heavy atom. The first-order chi connectivity index (χ1) is 14.6. The third-order valence-corrected chi connectivity index (χ3v) is 5.70. The van der Waals surface area contributed by atoms with E-state index in [1.807, 2.05) is 72.1 Å². The van der Waals surface area contributed by atoms with E-state index in [1.54, 1.807) is 23.3 Å². The lowest BCUT2D eigenvalue weighted by atomic mass is 10.1. The van der Waals surface area contributed by atoms with Crippen LogP contribution in [0.25, 0.3) is 0 Å². The Bertz CT molecular complexity index is 958. The fraction of sp³-hybridized carbons (Fsp3) is 0.250. The summed E-state index contributed by atoms with van der Waals surface area (Å²) in [5.74, 6) is -0.259. The number of likely N-dealkylation sites (N-methyl/N-ethyl adjacent to an activating group) is 1. The van der Waals surface area contributed by atoms with E-state index in [9.17, 15) is 9.59 Å². The molecule has 2 amide bonds. The van der Waals surface area contributed by atoms with Crippen molar-refractivity contribution in [3.05, 3.63) is 88.1 Å². The van der Waals surface area contributed by atoms with Crippen molar-refractivity contribution >= 4 is 28.8 Å². The molecule has 3 aromatic rings. The highest BCUT2D eigenvalue weighted by Crippen LogP contribution is 2.25. The van der Waals surface area contributed by atoms with Crippen molar-refractivity contribution in [1.29, 1.82) is 0 Å². The normalized spacial score (nSPS) is 11.8. The summed E-state index contributed by atoms with van der Waals surface area (Å²) in [5, 5.41) is 8.05. The van der Waals surface area contributed by atoms with Gasteiger partial charge in [0.25, 0.3) is 0 Å². The van der Waals surface area contributed by atoms with Gasteiger partial charge in [-0.1, -0.05) is 61.5 Å². The molecule has 3 rings (SSSR count). The molecule has 0 bridgehead atoms. The molecule has 0 spiro atoms. The highest BCUT2D eigenvalue weighted by atomic mass is 32.1. The summed E-state index contributed by atoms with van der Waals surface area (Å²) >= 11 is 1.61. The molecule has 0 aliphatic rings. The second kappa shape index (κ2) is 10.7. The summed E-state index contributed by atoms with van der Waals surface area (Å²) in [7, 11) is 1.77. The van der Waals surface area contributed by atoms with Crippen LogP contribution in [0.2, 0.25) is 0 Å². The Labute approximate surface area is 181 Å². The first-order valence-electron chi connectivity index (χ1n) is 10.0. The Morgan fingerprint density at radius 2 is 1.63 bits per heavy atom. The molecule has 0 aliphatic heterocycles. The number of rotatable bonds is 9. The molecule has 5 nitrogen and oxygen atoms in total. The van der Waals surface area contributed by atoms with Crippen LogP contribution in [0.5, 0.6) is 0 Å². The van der Waals surface area contributed by atoms with Crippen LogP contribution >= 0.6 is 11.3 Å². The van der Waals surface area contributed by atoms with E-state index in [1.165, 1.54) is 0 Å². The number of hydrogen-bond acceptors (Lipinski definition) is 4. The number of benzene rings is 2. The van der Waals surface area contributed by atoms with Crippen molar-refractivity contribution in [2.45, 2.75) is 19.4 Å². The van der Waals surface area contributed by atoms with Gasteiger partial charge >= 0.3 is 0 Å². The summed E-state index contributed by atoms with van der Waals surface area (Å²) in [4.78, 5) is 27.9. The van der Waals surface area contributed by atoms with Gasteiger partial charge in [0, 0.05) is 10.6 Å². The zero-order valence-corrected chi connectivity index (χ0v) is 18.1. The molecule has 2 aromatic carbocycles. The SMILES string of the molecule is CCc1ccccc1NC(=O)CN(C)CC(=O)N[C@H](c1ccccc1)c1cccs1. The Morgan fingerprint density at radius 1 is 0.933 bits per heavy atom. The largest absolute Gasteiger partial charge is 0.343 e. The molecule has 6 heteroatoms. The van der Waals surface area contributed by atoms with Crippen LogP contribution in [0, 0.1) is 0 Å². The van der Waals surface area contributed by atoms with E-state index >= 15 is 0 Å². The van der Waals surface area contributed by atoms with Gasteiger partial charge in [0.1, 0.15) is 0 Å². The second-order valence-corrected chi connectivity index (χ2v) is 8.14. The molecule has 1 aromatic heterocycles. The fourth-order valence-corrected chi connectivity index (χ4v) is 4.12. The minimum Gasteiger partial charge on any atom is -0.343 e. The van der Waals surface area contributed by atoms with Gasteiger partial charge in [-0.2, -0.15) is 0 Å². The van der Waals surface area contributed by atoms with Crippen molar-refractivity contribution in [2.24, 2.45) is 0 Å². The van der Waals surface area contributed by atoms with Crippen molar-refractivity contribution in [1.82, 2.24) is 10.2 Å². The van der Waals surface area contributed by atoms with Crippen LogP contribution in [-0.4, -0.2) is 36.9 Å². The molecular weight excluding hydrogens is 394 g/mol. The summed E-state index contributed by atoms with van der Waals surface area (Å²) in [5.41, 5.74) is 2.95. The number of aryl methyl sites for hydroxylation is 1. The summed E-state index contributed by atoms with van der Waals surface area (Å²) in [6, 6.07) is 21.5. The minimum absolute atomic E-state index is 0.124. The molecule has 0 saturated heterocycles. The number of nitrogens with one attached hydrogen (secondary N) is 2. The number of carbonyl (C=O) groups is 2. The molecule has 156 valence electrons. The van der Waals surface area contributed by atoms with Crippen molar-refractivity contribution in [2.75, 3.05) is 25.5 Å². The number of para-hydroxylation sites is 1. The van der Waals surface area contributed by atoms with E-state index in [4.69, 9.17) is 0 Å². The van der Waals surface area contributed by atoms with E-state index in [0.29, 0.717) is 0 Å². The molecule has 1 heterocycles. The second-order valence-electron chi connectivity index (χ2n) is 7.16. The molecule has 0 aliphatic carbocycles. The molecule has 0 unspecified atom stereocenters. The van der Waals surface area contributed by atoms with E-state index < -0.39 is 0 Å². The van der Waals surface area contributed by atoms with Crippen LogP contribution in [-0.2, 0) is 16.0 Å². The number of thiophene rings is 1. The molecule has 0 saturated carbocycles. The van der Waals surface area contributed by atoms with E-state index in [-0.39, 0.29) is 30.9 Å². The Kier molecular flexibility index (Phi) is 7.76. The van der Waals surface area contributed by atoms with Gasteiger partial charge in [0.2, 0.25) is 11.8 Å². The van der Waals surface area contributed by atoms with E-state index in [2.05, 4.69) is 17.6 Å². The first-order valence-corrected chi connectivity index (χ1v) is 10.9. The van der Waals surface area contributed by atoms with E-state index in [0.717, 1.165) is 28.1 Å². The maximum Gasteiger partial charge on any atom is 0.238 e. The Hall–Kier alpha value is -2.96. The average molecular weight is 422 g/mol. The zero-order chi connectivity index (χ0) is 21.3. The maximum atomic E-state index is 12.7. The Balaban J connectivity index is 1.57. The molecule has 1 atom stereocenters. The quantitative estimate of drug-likeness (QED) is 0.547. The minimum atomic E-state index is -0.197. The van der Waals surface area contributed by atoms with Gasteiger partial charge in [-0.05, 0) is 42.1 Å². The van der Waals surface area contributed by atoms with Crippen LogP contribution in [0.15, 0.2) is 72.1 Å². The smallest absolute Gasteiger partial charge is 0.238 e. The number of amides is 2. The molecule has 0 fully saturated rings. The number of carbonyl (C=O) groups excluding carboxylic acids is 2. The van der Waals surface area contributed by atoms with Gasteiger partial charge in [0.15, 0.2) is 0 Å². The third kappa shape index (κ3) is 6.02. The number of anilines is 1. The highest BCUT2D eigenvalue weighted by molar-refractivity contribution is 7.10. The van der Waals surface area contributed by atoms with Gasteiger partial charge in [0.05, 0.1) is 19.1 Å². The van der Waals surface area contributed by atoms with Crippen LogP contribution in [0.3, 0.4) is 0 Å². The molecule has 2 N–H and O–H groups in total. The van der Waals surface area contributed by atoms with Crippen LogP contribution in [0.1, 0.15) is 29.0 Å².